The molecule has 0 spiro atoms. The lowest BCUT2D eigenvalue weighted by atomic mass is 10.2. The number of aromatic carboxylic acids is 1. The molecule has 27 heavy (non-hydrogen) atoms. The third-order valence-corrected chi connectivity index (χ3v) is 4.68. The maximum absolute atomic E-state index is 11.6. The molecule has 0 fully saturated rings. The van der Waals surface area contributed by atoms with Gasteiger partial charge in [0.25, 0.3) is 0 Å². The molecule has 5 heterocycles. The van der Waals surface area contributed by atoms with E-state index in [1.165, 1.54) is 0 Å². The van der Waals surface area contributed by atoms with Crippen LogP contribution < -0.4 is 0 Å². The second-order valence-electron chi connectivity index (χ2n) is 6.69. The van der Waals surface area contributed by atoms with Gasteiger partial charge in [0, 0.05) is 27.9 Å². The average molecular weight is 356 g/mol. The van der Waals surface area contributed by atoms with Crippen molar-refractivity contribution < 1.29 is 9.90 Å². The Hall–Kier alpha value is -3.67. The quantitative estimate of drug-likeness (QED) is 0.481. The summed E-state index contributed by atoms with van der Waals surface area (Å²) in [6.07, 6.45) is 5.46. The van der Waals surface area contributed by atoms with E-state index in [9.17, 15) is 9.90 Å². The lowest BCUT2D eigenvalue weighted by Crippen LogP contribution is -1.93. The molecule has 2 aliphatic rings. The second kappa shape index (κ2) is 5.95. The number of hydrogen-bond donors (Lipinski definition) is 3. The molecular weight excluding hydrogens is 340 g/mol. The van der Waals surface area contributed by atoms with Crippen LogP contribution in [-0.4, -0.2) is 31.0 Å². The number of carbonyl (C=O) groups is 1. The molecule has 8 bridgehead atoms. The molecule has 0 unspecified atom stereocenters. The van der Waals surface area contributed by atoms with Crippen LogP contribution in [0.25, 0.3) is 34.2 Å². The molecule has 132 valence electrons. The minimum Gasteiger partial charge on any atom is -0.478 e. The highest BCUT2D eigenvalue weighted by atomic mass is 16.4. The molecule has 3 N–H and O–H groups in total. The Bertz CT molecular complexity index is 1260. The van der Waals surface area contributed by atoms with Gasteiger partial charge in [0.05, 0.1) is 22.5 Å². The fraction of sp³-hybridized carbons (Fsp3) is 0.0952. The highest BCUT2D eigenvalue weighted by Crippen LogP contribution is 2.19. The van der Waals surface area contributed by atoms with Gasteiger partial charge < -0.3 is 15.1 Å². The minimum atomic E-state index is -0.965. The molecule has 0 amide bonds. The Labute approximate surface area is 154 Å². The molecule has 0 saturated heterocycles. The normalized spacial score (nSPS) is 13.0. The van der Waals surface area contributed by atoms with E-state index < -0.39 is 5.97 Å². The zero-order valence-electron chi connectivity index (χ0n) is 14.4. The summed E-state index contributed by atoms with van der Waals surface area (Å²) >= 11 is 0. The molecule has 0 aliphatic carbocycles. The number of nitrogens with one attached hydrogen (secondary N) is 2. The lowest BCUT2D eigenvalue weighted by Gasteiger charge is -1.89. The second-order valence-corrected chi connectivity index (χ2v) is 6.69. The number of carboxylic acids is 1. The van der Waals surface area contributed by atoms with Gasteiger partial charge in [-0.25, -0.2) is 9.78 Å². The number of rotatable bonds is 1. The predicted molar refractivity (Wildman–Crippen MR) is 104 cm³/mol. The van der Waals surface area contributed by atoms with Crippen molar-refractivity contribution in [3.05, 3.63) is 70.8 Å². The first-order valence-corrected chi connectivity index (χ1v) is 8.74. The molecule has 0 atom stereocenters. The summed E-state index contributed by atoms with van der Waals surface area (Å²) in [7, 11) is 0. The summed E-state index contributed by atoms with van der Waals surface area (Å²) in [6, 6.07) is 13.3. The Morgan fingerprint density at radius 3 is 2.22 bits per heavy atom. The lowest BCUT2D eigenvalue weighted by molar-refractivity contribution is 0.0699. The molecule has 2 aliphatic heterocycles. The van der Waals surface area contributed by atoms with Crippen molar-refractivity contribution in [2.45, 2.75) is 12.8 Å². The largest absolute Gasteiger partial charge is 0.478 e. The summed E-state index contributed by atoms with van der Waals surface area (Å²) in [5.41, 5.74) is 6.91. The zero-order chi connectivity index (χ0) is 18.4. The van der Waals surface area contributed by atoms with E-state index in [1.807, 2.05) is 48.6 Å². The highest BCUT2D eigenvalue weighted by Gasteiger charge is 2.11. The number of fused-ring (bicyclic) bond motifs is 8. The van der Waals surface area contributed by atoms with Gasteiger partial charge in [0.1, 0.15) is 0 Å². The van der Waals surface area contributed by atoms with Gasteiger partial charge >= 0.3 is 5.97 Å². The fourth-order valence-electron chi connectivity index (χ4n) is 3.44. The van der Waals surface area contributed by atoms with Crippen molar-refractivity contribution in [2.75, 3.05) is 0 Å². The van der Waals surface area contributed by atoms with Crippen LogP contribution in [0.3, 0.4) is 0 Å². The fourth-order valence-corrected chi connectivity index (χ4v) is 3.44. The van der Waals surface area contributed by atoms with Gasteiger partial charge in [-0.05, 0) is 67.5 Å². The maximum Gasteiger partial charge on any atom is 0.337 e. The number of aromatic nitrogens is 4. The van der Waals surface area contributed by atoms with E-state index in [-0.39, 0.29) is 5.56 Å². The van der Waals surface area contributed by atoms with E-state index in [0.29, 0.717) is 11.0 Å². The van der Waals surface area contributed by atoms with E-state index in [4.69, 9.17) is 0 Å². The molecule has 0 radical (unpaired) electrons. The molecule has 0 saturated carbocycles. The summed E-state index contributed by atoms with van der Waals surface area (Å²) in [4.78, 5) is 27.4. The van der Waals surface area contributed by atoms with Crippen molar-refractivity contribution in [3.63, 3.8) is 0 Å². The van der Waals surface area contributed by atoms with E-state index in [2.05, 4.69) is 19.9 Å². The van der Waals surface area contributed by atoms with Crippen LogP contribution in [0.1, 0.15) is 33.1 Å². The number of nitrogens with zero attached hydrogens (tertiary/aromatic N) is 2. The van der Waals surface area contributed by atoms with Gasteiger partial charge in [0.15, 0.2) is 0 Å². The van der Waals surface area contributed by atoms with Gasteiger partial charge in [-0.3, -0.25) is 4.98 Å². The summed E-state index contributed by atoms with van der Waals surface area (Å²) in [6.45, 7) is 0. The highest BCUT2D eigenvalue weighted by molar-refractivity contribution is 5.98. The van der Waals surface area contributed by atoms with Crippen molar-refractivity contribution >= 4 is 40.2 Å². The van der Waals surface area contributed by atoms with Crippen LogP contribution in [0.5, 0.6) is 0 Å². The third-order valence-electron chi connectivity index (χ3n) is 4.68. The Morgan fingerprint density at radius 1 is 0.815 bits per heavy atom. The third kappa shape index (κ3) is 3.01. The van der Waals surface area contributed by atoms with Gasteiger partial charge in [0.2, 0.25) is 0 Å². The first-order chi connectivity index (χ1) is 13.1. The van der Waals surface area contributed by atoms with Crippen molar-refractivity contribution in [1.29, 1.82) is 0 Å². The topological polar surface area (TPSA) is 94.7 Å². The number of carboxylic acid groups (broad SMARTS) is 1. The van der Waals surface area contributed by atoms with Crippen molar-refractivity contribution in [1.82, 2.24) is 19.9 Å². The number of H-pyrrole nitrogens is 2. The molecule has 0 aromatic carbocycles. The first-order valence-electron chi connectivity index (χ1n) is 8.74. The summed E-state index contributed by atoms with van der Waals surface area (Å²) < 4.78 is 0. The Morgan fingerprint density at radius 2 is 1.48 bits per heavy atom. The summed E-state index contributed by atoms with van der Waals surface area (Å²) in [5, 5.41) is 9.53. The SMILES string of the molecule is O=C(O)c1cc2cc3nc(cc4ccc(cc5nc(cc1[nH]2)CC5)[nH]4)C=C3. The number of hydrogen-bond acceptors (Lipinski definition) is 3. The van der Waals surface area contributed by atoms with Crippen LogP contribution in [0.15, 0.2) is 42.5 Å². The molecule has 3 aromatic heterocycles. The van der Waals surface area contributed by atoms with Crippen molar-refractivity contribution in [3.8, 4) is 0 Å². The minimum absolute atomic E-state index is 0.234. The maximum atomic E-state index is 11.6. The number of aryl methyl sites for hydroxylation is 2. The van der Waals surface area contributed by atoms with E-state index in [1.54, 1.807) is 6.07 Å². The molecular formula is C21H16N4O2. The number of aromatic amines is 2. The predicted octanol–water partition coefficient (Wildman–Crippen LogP) is 3.97. The Kier molecular flexibility index (Phi) is 3.43. The van der Waals surface area contributed by atoms with Crippen LogP contribution in [0.2, 0.25) is 0 Å². The standard InChI is InChI=1S/C21H16N4O2/c26-21(27)19-10-18-9-16-4-3-14(23-16)7-12-1-2-13(22-12)8-15-5-6-17(24-15)11-20(19)25-18/h1-4,7-11,22,25H,5-6H2,(H,26,27). The molecule has 3 aromatic rings. The van der Waals surface area contributed by atoms with Crippen molar-refractivity contribution in [2.24, 2.45) is 0 Å². The monoisotopic (exact) mass is 356 g/mol. The van der Waals surface area contributed by atoms with Gasteiger partial charge in [-0.15, -0.1) is 0 Å². The zero-order valence-corrected chi connectivity index (χ0v) is 14.4. The Balaban J connectivity index is 1.86. The van der Waals surface area contributed by atoms with Crippen LogP contribution in [-0.2, 0) is 12.8 Å². The summed E-state index contributed by atoms with van der Waals surface area (Å²) in [5.74, 6) is -0.965. The van der Waals surface area contributed by atoms with Gasteiger partial charge in [-0.1, -0.05) is 0 Å². The molecule has 5 rings (SSSR count). The molecule has 6 heteroatoms. The van der Waals surface area contributed by atoms with E-state index >= 15 is 0 Å². The smallest absolute Gasteiger partial charge is 0.337 e. The average Bonchev–Trinajstić information content (AvgIpc) is 3.38. The van der Waals surface area contributed by atoms with Crippen LogP contribution >= 0.6 is 0 Å². The first kappa shape index (κ1) is 15.6. The molecule has 6 nitrogen and oxygen atoms in total. The van der Waals surface area contributed by atoms with E-state index in [0.717, 1.165) is 46.7 Å². The van der Waals surface area contributed by atoms with Crippen LogP contribution in [0.4, 0.5) is 0 Å². The van der Waals surface area contributed by atoms with Crippen LogP contribution in [0, 0.1) is 0 Å². The van der Waals surface area contributed by atoms with Gasteiger partial charge in [-0.2, -0.15) is 0 Å².